The Bertz CT molecular complexity index is 772. The second-order valence-electron chi connectivity index (χ2n) is 7.94. The van der Waals surface area contributed by atoms with Crippen LogP contribution < -0.4 is 0 Å². The van der Waals surface area contributed by atoms with Crippen molar-refractivity contribution in [2.75, 3.05) is 0 Å². The molecule has 0 spiro atoms. The Hall–Kier alpha value is -1.51. The van der Waals surface area contributed by atoms with Gasteiger partial charge in [-0.05, 0) is 53.5 Å². The average molecular weight is 346 g/mol. The number of fused-ring (bicyclic) bond motifs is 3. The predicted molar refractivity (Wildman–Crippen MR) is 95.4 cm³/mol. The molecule has 0 N–H and O–H groups in total. The first-order valence-electron chi connectivity index (χ1n) is 9.60. The van der Waals surface area contributed by atoms with Crippen molar-refractivity contribution < 1.29 is 13.2 Å². The highest BCUT2D eigenvalue weighted by atomic mass is 19.3. The van der Waals surface area contributed by atoms with E-state index in [-0.39, 0.29) is 11.5 Å². The smallest absolute Gasteiger partial charge is 0.206 e. The zero-order valence-corrected chi connectivity index (χ0v) is 14.7. The van der Waals surface area contributed by atoms with Crippen LogP contribution in [-0.4, -0.2) is 0 Å². The minimum absolute atomic E-state index is 0.00803. The highest BCUT2D eigenvalue weighted by Crippen LogP contribution is 2.54. The maximum absolute atomic E-state index is 15.2. The Balaban J connectivity index is 1.66. The van der Waals surface area contributed by atoms with Crippen LogP contribution in [-0.2, 0) is 12.3 Å². The van der Waals surface area contributed by atoms with Gasteiger partial charge in [-0.3, -0.25) is 0 Å². The monoisotopic (exact) mass is 346 g/mol. The van der Waals surface area contributed by atoms with Crippen LogP contribution in [0.15, 0.2) is 30.3 Å². The maximum Gasteiger partial charge on any atom is 0.279 e. The van der Waals surface area contributed by atoms with Crippen LogP contribution >= 0.6 is 0 Å². The van der Waals surface area contributed by atoms with Crippen LogP contribution in [0.3, 0.4) is 0 Å². The highest BCUT2D eigenvalue weighted by Gasteiger charge is 2.53. The van der Waals surface area contributed by atoms with Gasteiger partial charge in [-0.1, -0.05) is 56.9 Å². The zero-order chi connectivity index (χ0) is 17.6. The van der Waals surface area contributed by atoms with E-state index in [1.54, 1.807) is 6.07 Å². The summed E-state index contributed by atoms with van der Waals surface area (Å²) in [6.45, 7) is 2.18. The van der Waals surface area contributed by atoms with Crippen LogP contribution in [0.2, 0.25) is 0 Å². The predicted octanol–water partition coefficient (Wildman–Crippen LogP) is 6.85. The normalized spacial score (nSPS) is 28.2. The van der Waals surface area contributed by atoms with Gasteiger partial charge in [-0.15, -0.1) is 0 Å². The Morgan fingerprint density at radius 3 is 2.52 bits per heavy atom. The van der Waals surface area contributed by atoms with E-state index in [4.69, 9.17) is 0 Å². The molecule has 0 aromatic heterocycles. The SMILES string of the molecule is CCCC1CCC(C2Cc3c(c(F)cc4ccccc34)C2(F)F)CC1. The lowest BCUT2D eigenvalue weighted by atomic mass is 9.73. The lowest BCUT2D eigenvalue weighted by molar-refractivity contribution is -0.0840. The van der Waals surface area contributed by atoms with Gasteiger partial charge in [0, 0.05) is 5.92 Å². The number of rotatable bonds is 3. The molecule has 2 aromatic carbocycles. The summed E-state index contributed by atoms with van der Waals surface area (Å²) in [6, 6.07) is 8.61. The number of alkyl halides is 2. The summed E-state index contributed by atoms with van der Waals surface area (Å²) < 4.78 is 44.9. The first kappa shape index (κ1) is 16.9. The minimum atomic E-state index is -3.05. The van der Waals surface area contributed by atoms with Gasteiger partial charge >= 0.3 is 0 Å². The van der Waals surface area contributed by atoms with E-state index < -0.39 is 17.7 Å². The van der Waals surface area contributed by atoms with Crippen LogP contribution in [0.4, 0.5) is 13.2 Å². The van der Waals surface area contributed by atoms with Crippen LogP contribution in [0.5, 0.6) is 0 Å². The summed E-state index contributed by atoms with van der Waals surface area (Å²) in [5, 5.41) is 1.52. The molecule has 1 fully saturated rings. The molecule has 0 heterocycles. The van der Waals surface area contributed by atoms with E-state index in [0.29, 0.717) is 17.9 Å². The molecular weight excluding hydrogens is 321 g/mol. The summed E-state index contributed by atoms with van der Waals surface area (Å²) in [5.41, 5.74) is 0.216. The number of hydrogen-bond donors (Lipinski definition) is 0. The molecule has 2 aliphatic rings. The van der Waals surface area contributed by atoms with Crippen LogP contribution in [0.1, 0.15) is 56.6 Å². The molecule has 0 bridgehead atoms. The molecule has 2 aromatic rings. The highest BCUT2D eigenvalue weighted by molar-refractivity contribution is 5.87. The van der Waals surface area contributed by atoms with Gasteiger partial charge in [0.1, 0.15) is 5.82 Å². The molecule has 1 saturated carbocycles. The molecule has 25 heavy (non-hydrogen) atoms. The third-order valence-corrected chi connectivity index (χ3v) is 6.49. The van der Waals surface area contributed by atoms with Crippen molar-refractivity contribution in [2.24, 2.45) is 17.8 Å². The molecule has 1 unspecified atom stereocenters. The molecule has 134 valence electrons. The average Bonchev–Trinajstić information content (AvgIpc) is 2.88. The van der Waals surface area contributed by atoms with E-state index in [9.17, 15) is 4.39 Å². The summed E-state index contributed by atoms with van der Waals surface area (Å²) in [7, 11) is 0. The maximum atomic E-state index is 15.2. The van der Waals surface area contributed by atoms with Crippen molar-refractivity contribution in [3.05, 3.63) is 47.3 Å². The number of benzene rings is 2. The van der Waals surface area contributed by atoms with E-state index in [2.05, 4.69) is 6.92 Å². The molecule has 0 radical (unpaired) electrons. The van der Waals surface area contributed by atoms with Gasteiger partial charge < -0.3 is 0 Å². The quantitative estimate of drug-likeness (QED) is 0.570. The lowest BCUT2D eigenvalue weighted by Crippen LogP contribution is -2.31. The number of hydrogen-bond acceptors (Lipinski definition) is 0. The Morgan fingerprint density at radius 2 is 1.80 bits per heavy atom. The molecule has 0 nitrogen and oxygen atoms in total. The van der Waals surface area contributed by atoms with Gasteiger partial charge in [-0.25, -0.2) is 13.2 Å². The fourth-order valence-corrected chi connectivity index (χ4v) is 5.24. The first-order valence-corrected chi connectivity index (χ1v) is 9.60. The zero-order valence-electron chi connectivity index (χ0n) is 14.7. The molecule has 4 rings (SSSR count). The van der Waals surface area contributed by atoms with Gasteiger partial charge in [0.15, 0.2) is 0 Å². The van der Waals surface area contributed by atoms with E-state index in [1.165, 1.54) is 12.5 Å². The van der Waals surface area contributed by atoms with E-state index in [1.807, 2.05) is 18.2 Å². The Morgan fingerprint density at radius 1 is 1.08 bits per heavy atom. The fraction of sp³-hybridized carbons (Fsp3) is 0.545. The van der Waals surface area contributed by atoms with Gasteiger partial charge in [0.2, 0.25) is 0 Å². The molecule has 1 atom stereocenters. The third-order valence-electron chi connectivity index (χ3n) is 6.49. The molecule has 2 aliphatic carbocycles. The molecule has 3 heteroatoms. The minimum Gasteiger partial charge on any atom is -0.206 e. The van der Waals surface area contributed by atoms with Gasteiger partial charge in [0.25, 0.3) is 5.92 Å². The molecule has 0 amide bonds. The van der Waals surface area contributed by atoms with E-state index in [0.717, 1.165) is 42.9 Å². The molecule has 0 saturated heterocycles. The molecular formula is C22H25F3. The topological polar surface area (TPSA) is 0 Å². The van der Waals surface area contributed by atoms with Crippen molar-refractivity contribution in [3.8, 4) is 0 Å². The summed E-state index contributed by atoms with van der Waals surface area (Å²) in [5.74, 6) is -3.83. The fourth-order valence-electron chi connectivity index (χ4n) is 5.24. The standard InChI is InChI=1S/C22H25F3/c1-2-5-14-8-10-15(11-9-14)19-13-18-17-7-4-3-6-16(17)12-20(23)21(18)22(19,24)25/h3-4,6-7,12,14-15,19H,2,5,8-11,13H2,1H3. The third kappa shape index (κ3) is 2.76. The Labute approximate surface area is 147 Å². The largest absolute Gasteiger partial charge is 0.279 e. The summed E-state index contributed by atoms with van der Waals surface area (Å²) in [6.07, 6.45) is 6.49. The first-order chi connectivity index (χ1) is 12.0. The van der Waals surface area contributed by atoms with Crippen molar-refractivity contribution >= 4 is 10.8 Å². The van der Waals surface area contributed by atoms with Gasteiger partial charge in [0.05, 0.1) is 5.56 Å². The Kier molecular flexibility index (Phi) is 4.29. The number of halogens is 3. The van der Waals surface area contributed by atoms with Crippen molar-refractivity contribution in [1.82, 2.24) is 0 Å². The second kappa shape index (κ2) is 6.34. The summed E-state index contributed by atoms with van der Waals surface area (Å²) >= 11 is 0. The van der Waals surface area contributed by atoms with Crippen molar-refractivity contribution in [3.63, 3.8) is 0 Å². The molecule has 0 aliphatic heterocycles. The second-order valence-corrected chi connectivity index (χ2v) is 7.94. The van der Waals surface area contributed by atoms with Crippen LogP contribution in [0, 0.1) is 23.6 Å². The van der Waals surface area contributed by atoms with Crippen LogP contribution in [0.25, 0.3) is 10.8 Å². The van der Waals surface area contributed by atoms with Crippen molar-refractivity contribution in [1.29, 1.82) is 0 Å². The van der Waals surface area contributed by atoms with Gasteiger partial charge in [-0.2, -0.15) is 0 Å². The lowest BCUT2D eigenvalue weighted by Gasteiger charge is -2.34. The van der Waals surface area contributed by atoms with Crippen molar-refractivity contribution in [2.45, 2.75) is 57.8 Å². The van der Waals surface area contributed by atoms with E-state index >= 15 is 8.78 Å². The summed E-state index contributed by atoms with van der Waals surface area (Å²) in [4.78, 5) is 0.